The summed E-state index contributed by atoms with van der Waals surface area (Å²) in [5.41, 5.74) is 4.18. The van der Waals surface area contributed by atoms with Gasteiger partial charge < -0.3 is 15.2 Å². The highest BCUT2D eigenvalue weighted by Gasteiger charge is 2.13. The zero-order valence-corrected chi connectivity index (χ0v) is 14.0. The molecule has 0 saturated carbocycles. The SMILES string of the molecule is COc1cccc(-c2cc(C(=O)Nc3cc(CO)ccc3C)[nH]n2)c1. The number of anilines is 1. The number of methoxy groups -OCH3 is 1. The third-order valence-corrected chi connectivity index (χ3v) is 3.92. The van der Waals surface area contributed by atoms with Gasteiger partial charge in [-0.25, -0.2) is 0 Å². The Kier molecular flexibility index (Phi) is 4.81. The van der Waals surface area contributed by atoms with E-state index in [1.165, 1.54) is 0 Å². The van der Waals surface area contributed by atoms with Gasteiger partial charge in [-0.15, -0.1) is 0 Å². The maximum absolute atomic E-state index is 12.5. The van der Waals surface area contributed by atoms with E-state index in [0.717, 1.165) is 22.4 Å². The second-order valence-corrected chi connectivity index (χ2v) is 5.66. The summed E-state index contributed by atoms with van der Waals surface area (Å²) >= 11 is 0. The summed E-state index contributed by atoms with van der Waals surface area (Å²) in [5.74, 6) is 0.433. The normalized spacial score (nSPS) is 10.5. The van der Waals surface area contributed by atoms with Crippen LogP contribution in [0.2, 0.25) is 0 Å². The van der Waals surface area contributed by atoms with Crippen LogP contribution in [0.15, 0.2) is 48.5 Å². The standard InChI is InChI=1S/C19H19N3O3/c1-12-6-7-13(11-23)8-16(12)20-19(24)18-10-17(21-22-18)14-4-3-5-15(9-14)25-2/h3-10,23H,11H2,1-2H3,(H,20,24)(H,21,22). The van der Waals surface area contributed by atoms with E-state index in [1.54, 1.807) is 19.2 Å². The topological polar surface area (TPSA) is 87.2 Å². The third-order valence-electron chi connectivity index (χ3n) is 3.92. The van der Waals surface area contributed by atoms with Crippen molar-refractivity contribution in [3.8, 4) is 17.0 Å². The second-order valence-electron chi connectivity index (χ2n) is 5.66. The smallest absolute Gasteiger partial charge is 0.273 e. The Morgan fingerprint density at radius 3 is 2.84 bits per heavy atom. The molecular weight excluding hydrogens is 318 g/mol. The van der Waals surface area contributed by atoms with Crippen molar-refractivity contribution < 1.29 is 14.6 Å². The number of carbonyl (C=O) groups excluding carboxylic acids is 1. The zero-order chi connectivity index (χ0) is 17.8. The molecule has 0 bridgehead atoms. The number of amides is 1. The predicted molar refractivity (Wildman–Crippen MR) is 95.6 cm³/mol. The van der Waals surface area contributed by atoms with Gasteiger partial charge in [0.2, 0.25) is 0 Å². The first kappa shape index (κ1) is 16.7. The first-order valence-corrected chi connectivity index (χ1v) is 7.82. The molecule has 0 atom stereocenters. The summed E-state index contributed by atoms with van der Waals surface area (Å²) in [6.45, 7) is 1.82. The Morgan fingerprint density at radius 1 is 1.24 bits per heavy atom. The average molecular weight is 337 g/mol. The lowest BCUT2D eigenvalue weighted by Gasteiger charge is -2.08. The number of aromatic nitrogens is 2. The Balaban J connectivity index is 1.81. The lowest BCUT2D eigenvalue weighted by atomic mass is 10.1. The van der Waals surface area contributed by atoms with Crippen molar-refractivity contribution >= 4 is 11.6 Å². The summed E-state index contributed by atoms with van der Waals surface area (Å²) in [7, 11) is 1.60. The molecule has 25 heavy (non-hydrogen) atoms. The van der Waals surface area contributed by atoms with Gasteiger partial charge >= 0.3 is 0 Å². The van der Waals surface area contributed by atoms with Crippen molar-refractivity contribution in [2.75, 3.05) is 12.4 Å². The number of aliphatic hydroxyl groups is 1. The van der Waals surface area contributed by atoms with Crippen LogP contribution in [0.3, 0.4) is 0 Å². The van der Waals surface area contributed by atoms with E-state index < -0.39 is 0 Å². The van der Waals surface area contributed by atoms with Crippen LogP contribution in [0.5, 0.6) is 5.75 Å². The molecule has 1 amide bonds. The molecule has 0 radical (unpaired) electrons. The lowest BCUT2D eigenvalue weighted by molar-refractivity contribution is 0.102. The minimum absolute atomic E-state index is 0.0762. The highest BCUT2D eigenvalue weighted by Crippen LogP contribution is 2.23. The number of nitrogens with zero attached hydrogens (tertiary/aromatic N) is 1. The second kappa shape index (κ2) is 7.19. The summed E-state index contributed by atoms with van der Waals surface area (Å²) in [6.07, 6.45) is 0. The van der Waals surface area contributed by atoms with Crippen LogP contribution < -0.4 is 10.1 Å². The minimum atomic E-state index is -0.292. The lowest BCUT2D eigenvalue weighted by Crippen LogP contribution is -2.13. The van der Waals surface area contributed by atoms with Crippen molar-refractivity contribution in [3.05, 3.63) is 65.4 Å². The summed E-state index contributed by atoms with van der Waals surface area (Å²) < 4.78 is 5.21. The highest BCUT2D eigenvalue weighted by molar-refractivity contribution is 6.03. The number of aliphatic hydroxyl groups excluding tert-OH is 1. The van der Waals surface area contributed by atoms with Crippen LogP contribution in [0.1, 0.15) is 21.6 Å². The monoisotopic (exact) mass is 337 g/mol. The number of aryl methyl sites for hydroxylation is 1. The molecule has 6 nitrogen and oxygen atoms in total. The van der Waals surface area contributed by atoms with E-state index >= 15 is 0 Å². The molecule has 1 heterocycles. The quantitative estimate of drug-likeness (QED) is 0.667. The van der Waals surface area contributed by atoms with Crippen molar-refractivity contribution in [1.29, 1.82) is 0 Å². The highest BCUT2D eigenvalue weighted by atomic mass is 16.5. The van der Waals surface area contributed by atoms with Crippen molar-refractivity contribution in [2.45, 2.75) is 13.5 Å². The fourth-order valence-corrected chi connectivity index (χ4v) is 2.46. The molecule has 0 saturated heterocycles. The number of rotatable bonds is 5. The molecule has 2 aromatic carbocycles. The molecular formula is C19H19N3O3. The number of hydrogen-bond donors (Lipinski definition) is 3. The van der Waals surface area contributed by atoms with E-state index in [4.69, 9.17) is 4.74 Å². The van der Waals surface area contributed by atoms with Gasteiger partial charge in [0.05, 0.1) is 19.4 Å². The average Bonchev–Trinajstić information content (AvgIpc) is 3.14. The van der Waals surface area contributed by atoms with Gasteiger partial charge in [0.25, 0.3) is 5.91 Å². The number of carbonyl (C=O) groups is 1. The molecule has 1 aromatic heterocycles. The molecule has 6 heteroatoms. The first-order chi connectivity index (χ1) is 12.1. The molecule has 0 aliphatic carbocycles. The number of benzene rings is 2. The molecule has 0 fully saturated rings. The summed E-state index contributed by atoms with van der Waals surface area (Å²) in [5, 5.41) is 19.0. The number of aromatic amines is 1. The predicted octanol–water partition coefficient (Wildman–Crippen LogP) is 3.14. The van der Waals surface area contributed by atoms with Gasteiger partial charge in [0, 0.05) is 11.3 Å². The van der Waals surface area contributed by atoms with Gasteiger partial charge in [-0.05, 0) is 42.3 Å². The molecule has 0 unspecified atom stereocenters. The van der Waals surface area contributed by atoms with Crippen molar-refractivity contribution in [2.24, 2.45) is 0 Å². The Morgan fingerprint density at radius 2 is 2.08 bits per heavy atom. The Hall–Kier alpha value is -3.12. The van der Waals surface area contributed by atoms with Gasteiger partial charge in [-0.1, -0.05) is 24.3 Å². The number of ether oxygens (including phenoxy) is 1. The third kappa shape index (κ3) is 3.70. The summed E-state index contributed by atoms with van der Waals surface area (Å²) in [6, 6.07) is 14.6. The molecule has 0 spiro atoms. The number of hydrogen-bond acceptors (Lipinski definition) is 4. The number of H-pyrrole nitrogens is 1. The summed E-state index contributed by atoms with van der Waals surface area (Å²) in [4.78, 5) is 12.5. The Bertz CT molecular complexity index is 902. The van der Waals surface area contributed by atoms with Gasteiger partial charge in [-0.3, -0.25) is 9.89 Å². The maximum atomic E-state index is 12.5. The van der Waals surface area contributed by atoms with E-state index in [2.05, 4.69) is 15.5 Å². The van der Waals surface area contributed by atoms with E-state index in [9.17, 15) is 9.90 Å². The van der Waals surface area contributed by atoms with E-state index in [0.29, 0.717) is 17.1 Å². The largest absolute Gasteiger partial charge is 0.497 e. The van der Waals surface area contributed by atoms with E-state index in [-0.39, 0.29) is 12.5 Å². The maximum Gasteiger partial charge on any atom is 0.273 e. The molecule has 0 aliphatic rings. The van der Waals surface area contributed by atoms with Gasteiger partial charge in [-0.2, -0.15) is 5.10 Å². The van der Waals surface area contributed by atoms with Crippen molar-refractivity contribution in [3.63, 3.8) is 0 Å². The Labute approximate surface area is 145 Å². The number of nitrogens with one attached hydrogen (secondary N) is 2. The molecule has 3 N–H and O–H groups in total. The molecule has 0 aliphatic heterocycles. The molecule has 128 valence electrons. The first-order valence-electron chi connectivity index (χ1n) is 7.82. The van der Waals surface area contributed by atoms with Crippen LogP contribution in [0.4, 0.5) is 5.69 Å². The van der Waals surface area contributed by atoms with Gasteiger partial charge in [0.15, 0.2) is 0 Å². The van der Waals surface area contributed by atoms with Gasteiger partial charge in [0.1, 0.15) is 11.4 Å². The zero-order valence-electron chi connectivity index (χ0n) is 14.0. The minimum Gasteiger partial charge on any atom is -0.497 e. The van der Waals surface area contributed by atoms with Crippen LogP contribution >= 0.6 is 0 Å². The molecule has 3 aromatic rings. The van der Waals surface area contributed by atoms with Crippen LogP contribution in [-0.4, -0.2) is 28.3 Å². The van der Waals surface area contributed by atoms with Crippen LogP contribution in [0, 0.1) is 6.92 Å². The van der Waals surface area contributed by atoms with Crippen LogP contribution in [-0.2, 0) is 6.61 Å². The van der Waals surface area contributed by atoms with E-state index in [1.807, 2.05) is 43.3 Å². The fourth-order valence-electron chi connectivity index (χ4n) is 2.46. The fraction of sp³-hybridized carbons (Fsp3) is 0.158. The van der Waals surface area contributed by atoms with Crippen molar-refractivity contribution in [1.82, 2.24) is 10.2 Å². The van der Waals surface area contributed by atoms with Crippen LogP contribution in [0.25, 0.3) is 11.3 Å². The molecule has 3 rings (SSSR count).